The second-order valence-corrected chi connectivity index (χ2v) is 4.95. The lowest BCUT2D eigenvalue weighted by atomic mass is 10.1. The van der Waals surface area contributed by atoms with Crippen LogP contribution in [0.15, 0.2) is 12.1 Å². The lowest BCUT2D eigenvalue weighted by Gasteiger charge is -2.13. The van der Waals surface area contributed by atoms with Crippen molar-refractivity contribution in [3.63, 3.8) is 0 Å². The monoisotopic (exact) mass is 269 g/mol. The summed E-state index contributed by atoms with van der Waals surface area (Å²) in [7, 11) is 0. The highest BCUT2D eigenvalue weighted by atomic mass is 35.5. The third kappa shape index (κ3) is 2.45. The SMILES string of the molecule is Cc1c(Cl)ccc2c(NC(C)C)nc(Cl)nc12. The third-order valence-electron chi connectivity index (χ3n) is 2.45. The van der Waals surface area contributed by atoms with Gasteiger partial charge in [-0.05, 0) is 50.1 Å². The van der Waals surface area contributed by atoms with E-state index in [1.165, 1.54) is 0 Å². The molecule has 1 heterocycles. The minimum Gasteiger partial charge on any atom is -0.367 e. The predicted octanol–water partition coefficient (Wildman–Crippen LogP) is 4.07. The maximum Gasteiger partial charge on any atom is 0.224 e. The van der Waals surface area contributed by atoms with Crippen molar-refractivity contribution in [3.8, 4) is 0 Å². The van der Waals surface area contributed by atoms with Crippen LogP contribution in [0.3, 0.4) is 0 Å². The summed E-state index contributed by atoms with van der Waals surface area (Å²) in [5, 5.41) is 5.10. The van der Waals surface area contributed by atoms with E-state index >= 15 is 0 Å². The quantitative estimate of drug-likeness (QED) is 0.836. The molecule has 2 rings (SSSR count). The van der Waals surface area contributed by atoms with E-state index in [9.17, 15) is 0 Å². The number of hydrogen-bond acceptors (Lipinski definition) is 3. The first kappa shape index (κ1) is 12.4. The van der Waals surface area contributed by atoms with Crippen LogP contribution < -0.4 is 5.32 Å². The van der Waals surface area contributed by atoms with Crippen molar-refractivity contribution in [3.05, 3.63) is 28.0 Å². The molecule has 0 spiro atoms. The average Bonchev–Trinajstić information content (AvgIpc) is 2.23. The number of fused-ring (bicyclic) bond motifs is 1. The van der Waals surface area contributed by atoms with Gasteiger partial charge in [0.15, 0.2) is 0 Å². The molecule has 0 fully saturated rings. The summed E-state index contributed by atoms with van der Waals surface area (Å²) >= 11 is 12.0. The molecule has 0 aliphatic heterocycles. The van der Waals surface area contributed by atoms with Gasteiger partial charge in [0.2, 0.25) is 5.28 Å². The van der Waals surface area contributed by atoms with Gasteiger partial charge >= 0.3 is 0 Å². The Bertz CT molecular complexity index is 567. The number of hydrogen-bond donors (Lipinski definition) is 1. The van der Waals surface area contributed by atoms with Crippen molar-refractivity contribution in [1.82, 2.24) is 9.97 Å². The number of halogens is 2. The van der Waals surface area contributed by atoms with Crippen LogP contribution in [0.4, 0.5) is 5.82 Å². The lowest BCUT2D eigenvalue weighted by Crippen LogP contribution is -2.12. The summed E-state index contributed by atoms with van der Waals surface area (Å²) in [6.07, 6.45) is 0. The van der Waals surface area contributed by atoms with Crippen LogP contribution in [-0.2, 0) is 0 Å². The van der Waals surface area contributed by atoms with Crippen LogP contribution in [0.1, 0.15) is 19.4 Å². The molecule has 0 bridgehead atoms. The molecule has 0 saturated carbocycles. The van der Waals surface area contributed by atoms with Gasteiger partial charge in [-0.1, -0.05) is 11.6 Å². The Morgan fingerprint density at radius 1 is 1.18 bits per heavy atom. The first-order chi connectivity index (χ1) is 7.99. The number of rotatable bonds is 2. The summed E-state index contributed by atoms with van der Waals surface area (Å²) in [5.74, 6) is 0.745. The Balaban J connectivity index is 2.72. The van der Waals surface area contributed by atoms with Gasteiger partial charge in [0.05, 0.1) is 5.52 Å². The highest BCUT2D eigenvalue weighted by Gasteiger charge is 2.11. The number of benzene rings is 1. The van der Waals surface area contributed by atoms with Crippen molar-refractivity contribution in [2.24, 2.45) is 0 Å². The van der Waals surface area contributed by atoms with E-state index in [1.54, 1.807) is 0 Å². The van der Waals surface area contributed by atoms with Crippen LogP contribution >= 0.6 is 23.2 Å². The zero-order chi connectivity index (χ0) is 12.6. The molecule has 17 heavy (non-hydrogen) atoms. The molecule has 0 aliphatic rings. The molecule has 3 nitrogen and oxygen atoms in total. The zero-order valence-corrected chi connectivity index (χ0v) is 11.4. The van der Waals surface area contributed by atoms with E-state index in [0.717, 1.165) is 22.3 Å². The molecule has 90 valence electrons. The van der Waals surface area contributed by atoms with Gasteiger partial charge in [-0.15, -0.1) is 0 Å². The van der Waals surface area contributed by atoms with E-state index < -0.39 is 0 Å². The van der Waals surface area contributed by atoms with Crippen LogP contribution in [0.2, 0.25) is 10.3 Å². The second-order valence-electron chi connectivity index (χ2n) is 4.21. The second kappa shape index (κ2) is 4.67. The van der Waals surface area contributed by atoms with Crippen molar-refractivity contribution in [2.75, 3.05) is 5.32 Å². The van der Waals surface area contributed by atoms with Crippen molar-refractivity contribution in [1.29, 1.82) is 0 Å². The maximum atomic E-state index is 6.07. The minimum absolute atomic E-state index is 0.228. The standard InChI is InChI=1S/C12H13Cl2N3/c1-6(2)15-11-8-4-5-9(13)7(3)10(8)16-12(14)17-11/h4-6H,1-3H3,(H,15,16,17). The van der Waals surface area contributed by atoms with E-state index in [-0.39, 0.29) is 11.3 Å². The average molecular weight is 270 g/mol. The Morgan fingerprint density at radius 3 is 2.53 bits per heavy atom. The Labute approximate surface area is 110 Å². The first-order valence-electron chi connectivity index (χ1n) is 5.38. The van der Waals surface area contributed by atoms with Crippen LogP contribution in [-0.4, -0.2) is 16.0 Å². The fourth-order valence-corrected chi connectivity index (χ4v) is 1.99. The van der Waals surface area contributed by atoms with E-state index in [4.69, 9.17) is 23.2 Å². The molecule has 2 aromatic rings. The van der Waals surface area contributed by atoms with Gasteiger partial charge in [-0.2, -0.15) is 0 Å². The summed E-state index contributed by atoms with van der Waals surface area (Å²) in [5.41, 5.74) is 1.71. The summed E-state index contributed by atoms with van der Waals surface area (Å²) < 4.78 is 0. The summed E-state index contributed by atoms with van der Waals surface area (Å²) in [6.45, 7) is 6.02. The van der Waals surface area contributed by atoms with Gasteiger partial charge in [-0.25, -0.2) is 9.97 Å². The van der Waals surface area contributed by atoms with Crippen molar-refractivity contribution in [2.45, 2.75) is 26.8 Å². The molecule has 0 aliphatic carbocycles. The van der Waals surface area contributed by atoms with Crippen molar-refractivity contribution >= 4 is 39.9 Å². The van der Waals surface area contributed by atoms with Crippen LogP contribution in [0, 0.1) is 6.92 Å². The molecule has 0 radical (unpaired) electrons. The first-order valence-corrected chi connectivity index (χ1v) is 6.13. The molecule has 1 aromatic heterocycles. The zero-order valence-electron chi connectivity index (χ0n) is 9.88. The number of aromatic nitrogens is 2. The van der Waals surface area contributed by atoms with Crippen molar-refractivity contribution < 1.29 is 0 Å². The Hall–Kier alpha value is -1.06. The van der Waals surface area contributed by atoms with E-state index in [2.05, 4.69) is 15.3 Å². The minimum atomic E-state index is 0.228. The summed E-state index contributed by atoms with van der Waals surface area (Å²) in [6, 6.07) is 4.04. The molecule has 0 saturated heterocycles. The molecule has 1 N–H and O–H groups in total. The van der Waals surface area contributed by atoms with Gasteiger partial charge < -0.3 is 5.32 Å². The lowest BCUT2D eigenvalue weighted by molar-refractivity contribution is 0.890. The topological polar surface area (TPSA) is 37.8 Å². The smallest absolute Gasteiger partial charge is 0.224 e. The van der Waals surface area contributed by atoms with Gasteiger partial charge in [-0.3, -0.25) is 0 Å². The van der Waals surface area contributed by atoms with E-state index in [1.807, 2.05) is 32.9 Å². The number of nitrogens with zero attached hydrogens (tertiary/aromatic N) is 2. The molecular weight excluding hydrogens is 257 g/mol. The van der Waals surface area contributed by atoms with Gasteiger partial charge in [0.25, 0.3) is 0 Å². The largest absolute Gasteiger partial charge is 0.367 e. The van der Waals surface area contributed by atoms with E-state index in [0.29, 0.717) is 5.02 Å². The molecule has 1 aromatic carbocycles. The Morgan fingerprint density at radius 2 is 1.88 bits per heavy atom. The fraction of sp³-hybridized carbons (Fsp3) is 0.333. The van der Waals surface area contributed by atoms with Gasteiger partial charge in [0, 0.05) is 16.5 Å². The number of nitrogens with one attached hydrogen (secondary N) is 1. The summed E-state index contributed by atoms with van der Waals surface area (Å²) in [4.78, 5) is 8.45. The van der Waals surface area contributed by atoms with Crippen LogP contribution in [0.5, 0.6) is 0 Å². The normalized spacial score (nSPS) is 11.2. The highest BCUT2D eigenvalue weighted by Crippen LogP contribution is 2.29. The molecule has 0 amide bonds. The third-order valence-corrected chi connectivity index (χ3v) is 3.03. The molecule has 5 heteroatoms. The molecular formula is C12H13Cl2N3. The fourth-order valence-electron chi connectivity index (χ4n) is 1.66. The highest BCUT2D eigenvalue weighted by molar-refractivity contribution is 6.32. The van der Waals surface area contributed by atoms with Gasteiger partial charge in [0.1, 0.15) is 5.82 Å². The molecule has 0 unspecified atom stereocenters. The number of aryl methyl sites for hydroxylation is 1. The Kier molecular flexibility index (Phi) is 3.40. The van der Waals surface area contributed by atoms with Crippen LogP contribution in [0.25, 0.3) is 10.9 Å². The maximum absolute atomic E-state index is 6.07. The predicted molar refractivity (Wildman–Crippen MR) is 73.1 cm³/mol. The molecule has 0 atom stereocenters. The number of anilines is 1.